The smallest absolute Gasteiger partial charge is 0.150 e. The van der Waals surface area contributed by atoms with Crippen LogP contribution in [0.25, 0.3) is 0 Å². The summed E-state index contributed by atoms with van der Waals surface area (Å²) >= 11 is 5.93. The highest BCUT2D eigenvalue weighted by atomic mass is 35.5. The van der Waals surface area contributed by atoms with E-state index in [9.17, 15) is 17.6 Å². The minimum atomic E-state index is -3.11. The molecule has 0 aromatic heterocycles. The lowest BCUT2D eigenvalue weighted by Gasteiger charge is -2.27. The number of hydrogen-bond donors (Lipinski definition) is 0. The Kier molecular flexibility index (Phi) is 5.04. The number of benzene rings is 1. The molecule has 1 saturated carbocycles. The van der Waals surface area contributed by atoms with Gasteiger partial charge in [0.1, 0.15) is 21.4 Å². The van der Waals surface area contributed by atoms with Gasteiger partial charge in [-0.3, -0.25) is 4.79 Å². The summed E-state index contributed by atoms with van der Waals surface area (Å²) in [5.41, 5.74) is 0.588. The Bertz CT molecular complexity index is 642. The van der Waals surface area contributed by atoms with Crippen LogP contribution in [0, 0.1) is 11.7 Å². The maximum absolute atomic E-state index is 13.0. The summed E-state index contributed by atoms with van der Waals surface area (Å²) in [6.45, 7) is 0. The van der Waals surface area contributed by atoms with Gasteiger partial charge in [-0.1, -0.05) is 24.1 Å². The molecule has 0 N–H and O–H groups in total. The minimum absolute atomic E-state index is 0.0168. The van der Waals surface area contributed by atoms with Crippen LogP contribution in [-0.4, -0.2) is 25.7 Å². The van der Waals surface area contributed by atoms with Crippen molar-refractivity contribution in [2.24, 2.45) is 5.92 Å². The fourth-order valence-electron chi connectivity index (χ4n) is 2.82. The average molecular weight is 333 g/mol. The fraction of sp³-hybridized carbons (Fsp3) is 0.533. The normalized spacial score (nSPS) is 23.0. The standard InChI is InChI=1S/C15H18ClFO3S/c1-21(19,20)13-4-2-3-11(7-13)15(18)8-10-5-6-12(17)9-14(10)16/h5-6,9,11,13H,2-4,7-8H2,1H3. The summed E-state index contributed by atoms with van der Waals surface area (Å²) in [6, 6.07) is 3.96. The largest absolute Gasteiger partial charge is 0.299 e. The molecular weight excluding hydrogens is 315 g/mol. The number of rotatable bonds is 4. The lowest BCUT2D eigenvalue weighted by molar-refractivity contribution is -0.123. The SMILES string of the molecule is CS(=O)(=O)C1CCCC(C(=O)Cc2ccc(F)cc2Cl)C1. The molecule has 6 heteroatoms. The molecule has 0 spiro atoms. The second kappa shape index (κ2) is 6.44. The second-order valence-electron chi connectivity index (χ2n) is 5.69. The number of hydrogen-bond acceptors (Lipinski definition) is 3. The van der Waals surface area contributed by atoms with Crippen LogP contribution < -0.4 is 0 Å². The molecule has 1 aromatic rings. The van der Waals surface area contributed by atoms with Crippen LogP contribution in [-0.2, 0) is 21.1 Å². The summed E-state index contributed by atoms with van der Waals surface area (Å²) in [7, 11) is -3.11. The number of carbonyl (C=O) groups is 1. The quantitative estimate of drug-likeness (QED) is 0.850. The molecule has 0 amide bonds. The molecular formula is C15H18ClFO3S. The van der Waals surface area contributed by atoms with Gasteiger partial charge in [0.15, 0.2) is 0 Å². The van der Waals surface area contributed by atoms with Gasteiger partial charge >= 0.3 is 0 Å². The van der Waals surface area contributed by atoms with Crippen LogP contribution in [0.3, 0.4) is 0 Å². The Morgan fingerprint density at radius 1 is 1.38 bits per heavy atom. The Hall–Kier alpha value is -0.940. The molecule has 21 heavy (non-hydrogen) atoms. The molecule has 0 saturated heterocycles. The number of Topliss-reactive ketones (excluding diaryl/α,β-unsaturated/α-hetero) is 1. The van der Waals surface area contributed by atoms with Crippen LogP contribution >= 0.6 is 11.6 Å². The van der Waals surface area contributed by atoms with Crippen molar-refractivity contribution >= 4 is 27.2 Å². The van der Waals surface area contributed by atoms with E-state index < -0.39 is 20.9 Å². The molecule has 0 bridgehead atoms. The molecule has 0 heterocycles. The van der Waals surface area contributed by atoms with Crippen molar-refractivity contribution in [1.29, 1.82) is 0 Å². The molecule has 1 aliphatic rings. The van der Waals surface area contributed by atoms with E-state index in [0.29, 0.717) is 24.8 Å². The molecule has 2 atom stereocenters. The third kappa shape index (κ3) is 4.27. The summed E-state index contributed by atoms with van der Waals surface area (Å²) < 4.78 is 36.2. The Labute approximate surface area is 129 Å². The van der Waals surface area contributed by atoms with Crippen molar-refractivity contribution in [3.8, 4) is 0 Å². The zero-order valence-electron chi connectivity index (χ0n) is 11.8. The predicted octanol–water partition coefficient (Wildman–Crippen LogP) is 3.19. The lowest BCUT2D eigenvalue weighted by atomic mass is 9.84. The first-order chi connectivity index (χ1) is 9.77. The lowest BCUT2D eigenvalue weighted by Crippen LogP contribution is -2.31. The van der Waals surface area contributed by atoms with Crippen molar-refractivity contribution in [2.75, 3.05) is 6.26 Å². The Morgan fingerprint density at radius 2 is 2.10 bits per heavy atom. The first kappa shape index (κ1) is 16.4. The number of sulfone groups is 1. The highest BCUT2D eigenvalue weighted by Gasteiger charge is 2.32. The van der Waals surface area contributed by atoms with E-state index in [1.807, 2.05) is 0 Å². The van der Waals surface area contributed by atoms with E-state index in [1.165, 1.54) is 24.5 Å². The Balaban J connectivity index is 2.06. The first-order valence-electron chi connectivity index (χ1n) is 6.93. The summed E-state index contributed by atoms with van der Waals surface area (Å²) in [4.78, 5) is 12.3. The number of carbonyl (C=O) groups excluding carboxylic acids is 1. The molecule has 1 aromatic carbocycles. The molecule has 3 nitrogen and oxygen atoms in total. The van der Waals surface area contributed by atoms with E-state index in [4.69, 9.17) is 11.6 Å². The van der Waals surface area contributed by atoms with E-state index in [0.717, 1.165) is 6.42 Å². The minimum Gasteiger partial charge on any atom is -0.299 e. The molecule has 116 valence electrons. The maximum atomic E-state index is 13.0. The fourth-order valence-corrected chi connectivity index (χ4v) is 4.23. The Morgan fingerprint density at radius 3 is 2.71 bits per heavy atom. The van der Waals surface area contributed by atoms with Gasteiger partial charge in [-0.05, 0) is 37.0 Å². The van der Waals surface area contributed by atoms with E-state index in [2.05, 4.69) is 0 Å². The third-order valence-electron chi connectivity index (χ3n) is 4.07. The molecule has 0 radical (unpaired) electrons. The summed E-state index contributed by atoms with van der Waals surface area (Å²) in [5, 5.41) is -0.192. The average Bonchev–Trinajstić information content (AvgIpc) is 2.41. The van der Waals surface area contributed by atoms with Crippen LogP contribution in [0.4, 0.5) is 4.39 Å². The molecule has 2 rings (SSSR count). The van der Waals surface area contributed by atoms with Crippen molar-refractivity contribution in [3.05, 3.63) is 34.6 Å². The van der Waals surface area contributed by atoms with Crippen molar-refractivity contribution < 1.29 is 17.6 Å². The second-order valence-corrected chi connectivity index (χ2v) is 8.43. The number of ketones is 1. The summed E-state index contributed by atoms with van der Waals surface area (Å²) in [5.74, 6) is -0.706. The van der Waals surface area contributed by atoms with Crippen LogP contribution in [0.15, 0.2) is 18.2 Å². The zero-order chi connectivity index (χ0) is 15.6. The number of halogens is 2. The molecule has 2 unspecified atom stereocenters. The molecule has 0 aliphatic heterocycles. The van der Waals surface area contributed by atoms with Crippen LogP contribution in [0.5, 0.6) is 0 Å². The van der Waals surface area contributed by atoms with Crippen molar-refractivity contribution in [2.45, 2.75) is 37.4 Å². The van der Waals surface area contributed by atoms with E-state index in [1.54, 1.807) is 0 Å². The van der Waals surface area contributed by atoms with Crippen molar-refractivity contribution in [3.63, 3.8) is 0 Å². The predicted molar refractivity (Wildman–Crippen MR) is 80.7 cm³/mol. The van der Waals surface area contributed by atoms with Gasteiger partial charge in [-0.2, -0.15) is 0 Å². The summed E-state index contributed by atoms with van der Waals surface area (Å²) in [6.07, 6.45) is 3.81. The van der Waals surface area contributed by atoms with Gasteiger partial charge in [0.2, 0.25) is 0 Å². The van der Waals surface area contributed by atoms with Crippen LogP contribution in [0.2, 0.25) is 5.02 Å². The van der Waals surface area contributed by atoms with E-state index >= 15 is 0 Å². The van der Waals surface area contributed by atoms with Crippen LogP contribution in [0.1, 0.15) is 31.2 Å². The molecule has 1 aliphatic carbocycles. The molecule has 1 fully saturated rings. The highest BCUT2D eigenvalue weighted by molar-refractivity contribution is 7.91. The van der Waals surface area contributed by atoms with Gasteiger partial charge in [0.25, 0.3) is 0 Å². The van der Waals surface area contributed by atoms with Gasteiger partial charge in [-0.25, -0.2) is 12.8 Å². The first-order valence-corrected chi connectivity index (χ1v) is 9.26. The topological polar surface area (TPSA) is 51.2 Å². The van der Waals surface area contributed by atoms with Gasteiger partial charge in [-0.15, -0.1) is 0 Å². The van der Waals surface area contributed by atoms with Gasteiger partial charge < -0.3 is 0 Å². The highest BCUT2D eigenvalue weighted by Crippen LogP contribution is 2.30. The van der Waals surface area contributed by atoms with Gasteiger partial charge in [0.05, 0.1) is 5.25 Å². The monoisotopic (exact) mass is 332 g/mol. The maximum Gasteiger partial charge on any atom is 0.150 e. The van der Waals surface area contributed by atoms with Gasteiger partial charge in [0, 0.05) is 23.6 Å². The zero-order valence-corrected chi connectivity index (χ0v) is 13.4. The van der Waals surface area contributed by atoms with Crippen molar-refractivity contribution in [1.82, 2.24) is 0 Å². The third-order valence-corrected chi connectivity index (χ3v) is 6.06. The van der Waals surface area contributed by atoms with E-state index in [-0.39, 0.29) is 23.1 Å².